The van der Waals surface area contributed by atoms with Gasteiger partial charge in [0, 0.05) is 15.6 Å². The van der Waals surface area contributed by atoms with Crippen LogP contribution in [-0.2, 0) is 0 Å². The maximum absolute atomic E-state index is 12.7. The molecule has 33 heavy (non-hydrogen) atoms. The monoisotopic (exact) mass is 512 g/mol. The van der Waals surface area contributed by atoms with Crippen molar-refractivity contribution in [2.45, 2.75) is 0 Å². The normalized spacial score (nSPS) is 10.5. The molecular weight excluding hydrogens is 492 g/mol. The number of rotatable bonds is 8. The summed E-state index contributed by atoms with van der Waals surface area (Å²) in [5.74, 6) is 0.831. The molecular formula is C24H21BrN2O6. The lowest BCUT2D eigenvalue weighted by Gasteiger charge is -2.11. The fraction of sp³-hybridized carbons (Fsp3) is 0.125. The molecule has 0 aliphatic rings. The first-order chi connectivity index (χ1) is 15.9. The molecule has 0 radical (unpaired) electrons. The summed E-state index contributed by atoms with van der Waals surface area (Å²) < 4.78 is 21.8. The number of ether oxygens (including phenoxy) is 4. The molecule has 0 bridgehead atoms. The molecule has 0 spiro atoms. The summed E-state index contributed by atoms with van der Waals surface area (Å²) >= 11 is 3.38. The predicted molar refractivity (Wildman–Crippen MR) is 127 cm³/mol. The Hall–Kier alpha value is -3.85. The van der Waals surface area contributed by atoms with E-state index < -0.39 is 11.9 Å². The van der Waals surface area contributed by atoms with Crippen LogP contribution in [0.25, 0.3) is 0 Å². The quantitative estimate of drug-likeness (QED) is 0.207. The van der Waals surface area contributed by atoms with E-state index in [0.717, 1.165) is 4.47 Å². The van der Waals surface area contributed by atoms with Crippen molar-refractivity contribution >= 4 is 34.0 Å². The third-order valence-corrected chi connectivity index (χ3v) is 5.01. The Kier molecular flexibility index (Phi) is 8.04. The number of nitrogens with one attached hydrogen (secondary N) is 1. The van der Waals surface area contributed by atoms with Gasteiger partial charge in [-0.25, -0.2) is 10.2 Å². The second kappa shape index (κ2) is 11.1. The van der Waals surface area contributed by atoms with Crippen molar-refractivity contribution in [2.24, 2.45) is 5.10 Å². The number of benzene rings is 3. The Morgan fingerprint density at radius 2 is 1.48 bits per heavy atom. The smallest absolute Gasteiger partial charge is 0.343 e. The molecule has 0 saturated heterocycles. The highest BCUT2D eigenvalue weighted by Crippen LogP contribution is 2.29. The van der Waals surface area contributed by atoms with Crippen molar-refractivity contribution in [2.75, 3.05) is 21.3 Å². The highest BCUT2D eigenvalue weighted by Gasteiger charge is 2.15. The summed E-state index contributed by atoms with van der Waals surface area (Å²) in [7, 11) is 4.54. The number of amides is 1. The molecule has 1 N–H and O–H groups in total. The predicted octanol–water partition coefficient (Wildman–Crippen LogP) is 4.46. The number of hydrogen-bond acceptors (Lipinski definition) is 7. The van der Waals surface area contributed by atoms with Gasteiger partial charge in [0.05, 0.1) is 33.1 Å². The van der Waals surface area contributed by atoms with Gasteiger partial charge in [-0.05, 0) is 60.7 Å². The van der Waals surface area contributed by atoms with E-state index in [-0.39, 0.29) is 11.3 Å². The fourth-order valence-corrected chi connectivity index (χ4v) is 3.18. The second-order valence-corrected chi connectivity index (χ2v) is 7.48. The number of hydrazone groups is 1. The minimum Gasteiger partial charge on any atom is -0.497 e. The van der Waals surface area contributed by atoms with Crippen molar-refractivity contribution in [1.29, 1.82) is 0 Å². The first-order valence-electron chi connectivity index (χ1n) is 9.66. The molecule has 0 atom stereocenters. The first kappa shape index (κ1) is 23.8. The first-order valence-corrected chi connectivity index (χ1v) is 10.5. The number of hydrogen-bond donors (Lipinski definition) is 1. The highest BCUT2D eigenvalue weighted by molar-refractivity contribution is 9.10. The minimum absolute atomic E-state index is 0.264. The van der Waals surface area contributed by atoms with Crippen molar-refractivity contribution < 1.29 is 28.5 Å². The lowest BCUT2D eigenvalue weighted by molar-refractivity contribution is 0.0733. The summed E-state index contributed by atoms with van der Waals surface area (Å²) in [6, 6.07) is 16.4. The number of carbonyl (C=O) groups is 2. The van der Waals surface area contributed by atoms with Crippen LogP contribution >= 0.6 is 15.9 Å². The average Bonchev–Trinajstić information content (AvgIpc) is 2.84. The Balaban J connectivity index is 1.74. The van der Waals surface area contributed by atoms with Crippen LogP contribution in [0.5, 0.6) is 23.0 Å². The van der Waals surface area contributed by atoms with Crippen molar-refractivity contribution in [3.63, 3.8) is 0 Å². The van der Waals surface area contributed by atoms with Crippen molar-refractivity contribution in [3.05, 3.63) is 81.8 Å². The zero-order valence-electron chi connectivity index (χ0n) is 18.1. The van der Waals surface area contributed by atoms with Crippen molar-refractivity contribution in [1.82, 2.24) is 5.43 Å². The molecule has 0 aliphatic carbocycles. The van der Waals surface area contributed by atoms with Crippen LogP contribution in [0.2, 0.25) is 0 Å². The summed E-state index contributed by atoms with van der Waals surface area (Å²) in [6.45, 7) is 0. The Labute approximate surface area is 199 Å². The lowest BCUT2D eigenvalue weighted by Crippen LogP contribution is -2.17. The molecule has 0 unspecified atom stereocenters. The number of carbonyl (C=O) groups excluding carboxylic acids is 2. The Morgan fingerprint density at radius 1 is 0.818 bits per heavy atom. The molecule has 170 valence electrons. The molecule has 0 saturated carbocycles. The molecule has 0 aromatic heterocycles. The summed E-state index contributed by atoms with van der Waals surface area (Å²) in [5, 5.41) is 3.99. The highest BCUT2D eigenvalue weighted by atomic mass is 79.9. The van der Waals surface area contributed by atoms with Crippen molar-refractivity contribution in [3.8, 4) is 23.0 Å². The molecule has 1 amide bonds. The van der Waals surface area contributed by atoms with Gasteiger partial charge in [-0.15, -0.1) is 0 Å². The van der Waals surface area contributed by atoms with E-state index >= 15 is 0 Å². The molecule has 3 aromatic rings. The van der Waals surface area contributed by atoms with E-state index in [2.05, 4.69) is 26.5 Å². The van der Waals surface area contributed by atoms with Gasteiger partial charge in [0.15, 0.2) is 11.5 Å². The zero-order chi connectivity index (χ0) is 23.8. The van der Waals surface area contributed by atoms with Crippen LogP contribution in [0, 0.1) is 0 Å². The second-order valence-electron chi connectivity index (χ2n) is 6.57. The molecule has 9 heteroatoms. The standard InChI is InChI=1S/C24H21BrN2O6/c1-30-19-8-4-15(5-9-19)23(28)27-26-14-17-12-18(25)7-11-20(17)33-24(29)16-6-10-21(31-2)22(13-16)32-3/h4-14H,1-3H3,(H,27,28)/b26-14+. The minimum atomic E-state index is -0.588. The van der Waals surface area contributed by atoms with Crippen LogP contribution in [0.4, 0.5) is 0 Å². The Morgan fingerprint density at radius 3 is 2.15 bits per heavy atom. The average molecular weight is 513 g/mol. The van der Waals surface area contributed by atoms with Gasteiger partial charge in [-0.3, -0.25) is 4.79 Å². The van der Waals surface area contributed by atoms with Crippen LogP contribution in [0.15, 0.2) is 70.2 Å². The van der Waals surface area contributed by atoms with Gasteiger partial charge in [0.2, 0.25) is 0 Å². The largest absolute Gasteiger partial charge is 0.497 e. The van der Waals surface area contributed by atoms with E-state index in [0.29, 0.717) is 28.4 Å². The number of halogens is 1. The number of nitrogens with zero attached hydrogens (tertiary/aromatic N) is 1. The fourth-order valence-electron chi connectivity index (χ4n) is 2.80. The van der Waals surface area contributed by atoms with Gasteiger partial charge < -0.3 is 18.9 Å². The van der Waals surface area contributed by atoms with Gasteiger partial charge in [0.1, 0.15) is 11.5 Å². The molecule has 0 fully saturated rings. The van der Waals surface area contributed by atoms with Gasteiger partial charge in [0.25, 0.3) is 5.91 Å². The van der Waals surface area contributed by atoms with Crippen LogP contribution in [0.1, 0.15) is 26.3 Å². The van der Waals surface area contributed by atoms with Crippen LogP contribution in [0.3, 0.4) is 0 Å². The maximum atomic E-state index is 12.7. The summed E-state index contributed by atoms with van der Waals surface area (Å²) in [4.78, 5) is 25.0. The van der Waals surface area contributed by atoms with Crippen LogP contribution < -0.4 is 24.4 Å². The van der Waals surface area contributed by atoms with E-state index in [1.165, 1.54) is 26.5 Å². The lowest BCUT2D eigenvalue weighted by atomic mass is 10.2. The van der Waals surface area contributed by atoms with E-state index in [1.807, 2.05) is 0 Å². The summed E-state index contributed by atoms with van der Waals surface area (Å²) in [5.41, 5.74) is 3.63. The van der Waals surface area contributed by atoms with E-state index in [9.17, 15) is 9.59 Å². The number of esters is 1. The summed E-state index contributed by atoms with van der Waals surface area (Å²) in [6.07, 6.45) is 1.39. The topological polar surface area (TPSA) is 95.5 Å². The van der Waals surface area contributed by atoms with E-state index in [1.54, 1.807) is 61.7 Å². The van der Waals surface area contributed by atoms with Crippen LogP contribution in [-0.4, -0.2) is 39.4 Å². The molecule has 3 aromatic carbocycles. The molecule has 0 heterocycles. The SMILES string of the molecule is COc1ccc(C(=O)N/N=C/c2cc(Br)ccc2OC(=O)c2ccc(OC)c(OC)c2)cc1. The third kappa shape index (κ3) is 6.11. The molecule has 8 nitrogen and oxygen atoms in total. The third-order valence-electron chi connectivity index (χ3n) is 4.52. The maximum Gasteiger partial charge on any atom is 0.343 e. The zero-order valence-corrected chi connectivity index (χ0v) is 19.7. The van der Waals surface area contributed by atoms with Gasteiger partial charge in [-0.1, -0.05) is 15.9 Å². The van der Waals surface area contributed by atoms with Gasteiger partial charge >= 0.3 is 5.97 Å². The van der Waals surface area contributed by atoms with E-state index in [4.69, 9.17) is 18.9 Å². The van der Waals surface area contributed by atoms with Gasteiger partial charge in [-0.2, -0.15) is 5.10 Å². The number of methoxy groups -OCH3 is 3. The molecule has 3 rings (SSSR count). The Bertz CT molecular complexity index is 1180. The molecule has 0 aliphatic heterocycles.